The zero-order valence-electron chi connectivity index (χ0n) is 16.4. The maximum Gasteiger partial charge on any atom is 0.270 e. The van der Waals surface area contributed by atoms with Gasteiger partial charge in [0.2, 0.25) is 0 Å². The minimum Gasteiger partial charge on any atom is -0.497 e. The van der Waals surface area contributed by atoms with Crippen LogP contribution in [0.4, 0.5) is 0 Å². The van der Waals surface area contributed by atoms with Gasteiger partial charge < -0.3 is 14.6 Å². The highest BCUT2D eigenvalue weighted by atomic mass is 16.5. The number of H-pyrrole nitrogens is 1. The van der Waals surface area contributed by atoms with Crippen molar-refractivity contribution in [2.45, 2.75) is 44.2 Å². The predicted molar refractivity (Wildman–Crippen MR) is 109 cm³/mol. The van der Waals surface area contributed by atoms with Crippen LogP contribution in [0.2, 0.25) is 0 Å². The number of methoxy groups -OCH3 is 1. The molecular formula is C22H24N4O3. The van der Waals surface area contributed by atoms with Crippen LogP contribution in [0.15, 0.2) is 41.2 Å². The van der Waals surface area contributed by atoms with Crippen molar-refractivity contribution in [2.24, 2.45) is 0 Å². The Morgan fingerprint density at radius 3 is 2.86 bits per heavy atom. The lowest BCUT2D eigenvalue weighted by molar-refractivity contribution is 0.0715. The number of hydrogen-bond acceptors (Lipinski definition) is 4. The van der Waals surface area contributed by atoms with Crippen LogP contribution >= 0.6 is 0 Å². The van der Waals surface area contributed by atoms with E-state index in [0.29, 0.717) is 24.7 Å². The van der Waals surface area contributed by atoms with Gasteiger partial charge in [-0.05, 0) is 49.9 Å². The van der Waals surface area contributed by atoms with Crippen molar-refractivity contribution in [1.82, 2.24) is 19.7 Å². The Labute approximate surface area is 168 Å². The van der Waals surface area contributed by atoms with E-state index >= 15 is 0 Å². The summed E-state index contributed by atoms with van der Waals surface area (Å²) in [4.78, 5) is 30.6. The normalized spacial score (nSPS) is 19.1. The van der Waals surface area contributed by atoms with Gasteiger partial charge in [0, 0.05) is 35.5 Å². The number of nitrogens with one attached hydrogen (secondary N) is 1. The lowest BCUT2D eigenvalue weighted by Crippen LogP contribution is -2.40. The molecule has 7 nitrogen and oxygen atoms in total. The van der Waals surface area contributed by atoms with Crippen LogP contribution in [0.1, 0.15) is 47.8 Å². The standard InChI is InChI=1S/C22H24N4O3/c1-29-17-7-6-15-11-20(23-19(15)12-17)22(28)25-10-2-3-16(25)13-26-21(27)9-8-18(24-26)14-4-5-14/h6-9,11-12,14,16,23H,2-5,10,13H2,1H3. The first-order valence-corrected chi connectivity index (χ1v) is 10.2. The van der Waals surface area contributed by atoms with E-state index in [0.717, 1.165) is 48.0 Å². The van der Waals surface area contributed by atoms with Crippen LogP contribution in [0, 0.1) is 0 Å². The topological polar surface area (TPSA) is 80.2 Å². The van der Waals surface area contributed by atoms with Gasteiger partial charge in [-0.15, -0.1) is 0 Å². The van der Waals surface area contributed by atoms with E-state index in [4.69, 9.17) is 4.74 Å². The molecule has 1 aliphatic heterocycles. The Bertz CT molecular complexity index is 1130. The predicted octanol–water partition coefficient (Wildman–Crippen LogP) is 2.92. The molecule has 1 unspecified atom stereocenters. The molecule has 1 aromatic carbocycles. The maximum absolute atomic E-state index is 13.2. The molecule has 1 aliphatic carbocycles. The summed E-state index contributed by atoms with van der Waals surface area (Å²) in [7, 11) is 1.62. The number of likely N-dealkylation sites (tertiary alicyclic amines) is 1. The molecule has 1 saturated carbocycles. The van der Waals surface area contributed by atoms with E-state index in [1.54, 1.807) is 17.9 Å². The molecule has 1 amide bonds. The van der Waals surface area contributed by atoms with Gasteiger partial charge in [-0.3, -0.25) is 9.59 Å². The smallest absolute Gasteiger partial charge is 0.270 e. The molecule has 150 valence electrons. The second-order valence-electron chi connectivity index (χ2n) is 7.98. The average Bonchev–Trinajstić information content (AvgIpc) is 3.33. The maximum atomic E-state index is 13.2. The average molecular weight is 392 g/mol. The Hall–Kier alpha value is -3.09. The molecule has 3 heterocycles. The Morgan fingerprint density at radius 1 is 1.21 bits per heavy atom. The highest BCUT2D eigenvalue weighted by Crippen LogP contribution is 2.38. The fraction of sp³-hybridized carbons (Fsp3) is 0.409. The Morgan fingerprint density at radius 2 is 2.07 bits per heavy atom. The first-order chi connectivity index (χ1) is 14.1. The number of aromatic nitrogens is 3. The summed E-state index contributed by atoms with van der Waals surface area (Å²) in [6.45, 7) is 1.14. The van der Waals surface area contributed by atoms with Gasteiger partial charge in [-0.1, -0.05) is 0 Å². The van der Waals surface area contributed by atoms with Gasteiger partial charge in [0.05, 0.1) is 25.4 Å². The first-order valence-electron chi connectivity index (χ1n) is 10.2. The van der Waals surface area contributed by atoms with Gasteiger partial charge in [0.15, 0.2) is 0 Å². The summed E-state index contributed by atoms with van der Waals surface area (Å²) < 4.78 is 6.80. The van der Waals surface area contributed by atoms with Crippen molar-refractivity contribution in [3.8, 4) is 5.75 Å². The second-order valence-corrected chi connectivity index (χ2v) is 7.98. The zero-order valence-corrected chi connectivity index (χ0v) is 16.4. The van der Waals surface area contributed by atoms with E-state index in [9.17, 15) is 9.59 Å². The summed E-state index contributed by atoms with van der Waals surface area (Å²) in [5, 5.41) is 5.53. The first kappa shape index (κ1) is 18.0. The molecule has 1 saturated heterocycles. The molecule has 1 N–H and O–H groups in total. The monoisotopic (exact) mass is 392 g/mol. The molecule has 29 heavy (non-hydrogen) atoms. The van der Waals surface area contributed by atoms with Crippen molar-refractivity contribution in [1.29, 1.82) is 0 Å². The van der Waals surface area contributed by atoms with E-state index in [1.165, 1.54) is 0 Å². The molecule has 2 aliphatic rings. The molecule has 0 spiro atoms. The summed E-state index contributed by atoms with van der Waals surface area (Å²) in [6.07, 6.45) is 4.10. The van der Waals surface area contributed by atoms with Gasteiger partial charge >= 0.3 is 0 Å². The molecular weight excluding hydrogens is 368 g/mol. The van der Waals surface area contributed by atoms with Crippen LogP contribution in [0.3, 0.4) is 0 Å². The number of nitrogens with zero attached hydrogens (tertiary/aromatic N) is 3. The lowest BCUT2D eigenvalue weighted by Gasteiger charge is -2.24. The number of rotatable bonds is 5. The number of carbonyl (C=O) groups is 1. The van der Waals surface area contributed by atoms with Crippen molar-refractivity contribution in [2.75, 3.05) is 13.7 Å². The highest BCUT2D eigenvalue weighted by molar-refractivity contribution is 5.98. The van der Waals surface area contributed by atoms with E-state index in [1.807, 2.05) is 35.2 Å². The molecule has 1 atom stereocenters. The molecule has 5 rings (SSSR count). The number of amides is 1. The quantitative estimate of drug-likeness (QED) is 0.724. The summed E-state index contributed by atoms with van der Waals surface area (Å²) in [5.74, 6) is 1.21. The lowest BCUT2D eigenvalue weighted by atomic mass is 10.2. The van der Waals surface area contributed by atoms with Crippen molar-refractivity contribution < 1.29 is 9.53 Å². The summed E-state index contributed by atoms with van der Waals surface area (Å²) >= 11 is 0. The Kier molecular flexibility index (Phi) is 4.38. The Balaban J connectivity index is 1.38. The van der Waals surface area contributed by atoms with Crippen LogP contribution < -0.4 is 10.3 Å². The highest BCUT2D eigenvalue weighted by Gasteiger charge is 2.32. The third-order valence-electron chi connectivity index (χ3n) is 5.96. The summed E-state index contributed by atoms with van der Waals surface area (Å²) in [6, 6.07) is 11.0. The van der Waals surface area contributed by atoms with Crippen LogP contribution in [0.25, 0.3) is 10.9 Å². The zero-order chi connectivity index (χ0) is 20.0. The van der Waals surface area contributed by atoms with Crippen molar-refractivity contribution in [3.63, 3.8) is 0 Å². The fourth-order valence-electron chi connectivity index (χ4n) is 4.19. The van der Waals surface area contributed by atoms with Gasteiger partial charge in [-0.25, -0.2) is 4.68 Å². The third-order valence-corrected chi connectivity index (χ3v) is 5.96. The number of fused-ring (bicyclic) bond motifs is 1. The van der Waals surface area contributed by atoms with Crippen molar-refractivity contribution in [3.05, 3.63) is 58.1 Å². The van der Waals surface area contributed by atoms with E-state index < -0.39 is 0 Å². The molecule has 7 heteroatoms. The molecule has 2 aromatic heterocycles. The number of benzene rings is 1. The van der Waals surface area contributed by atoms with Gasteiger partial charge in [0.1, 0.15) is 11.4 Å². The number of carbonyl (C=O) groups excluding carboxylic acids is 1. The summed E-state index contributed by atoms with van der Waals surface area (Å²) in [5.41, 5.74) is 2.32. The van der Waals surface area contributed by atoms with Crippen LogP contribution in [0.5, 0.6) is 5.75 Å². The molecule has 0 bridgehead atoms. The largest absolute Gasteiger partial charge is 0.497 e. The number of ether oxygens (including phenoxy) is 1. The number of hydrogen-bond donors (Lipinski definition) is 1. The van der Waals surface area contributed by atoms with Gasteiger partial charge in [0.25, 0.3) is 11.5 Å². The molecule has 2 fully saturated rings. The SMILES string of the molecule is COc1ccc2cc(C(=O)N3CCCC3Cn3nc(C4CC4)ccc3=O)[nH]c2c1. The minimum atomic E-state index is -0.105. The third kappa shape index (κ3) is 3.41. The molecule has 0 radical (unpaired) electrons. The fourth-order valence-corrected chi connectivity index (χ4v) is 4.19. The van der Waals surface area contributed by atoms with Crippen LogP contribution in [-0.4, -0.2) is 45.3 Å². The second kappa shape index (κ2) is 7.06. The van der Waals surface area contributed by atoms with Gasteiger partial charge in [-0.2, -0.15) is 5.10 Å². The van der Waals surface area contributed by atoms with Crippen molar-refractivity contribution >= 4 is 16.8 Å². The minimum absolute atomic E-state index is 0.0249. The molecule has 3 aromatic rings. The van der Waals surface area contributed by atoms with E-state index in [2.05, 4.69) is 10.1 Å². The van der Waals surface area contributed by atoms with E-state index in [-0.39, 0.29) is 17.5 Å². The number of aromatic amines is 1. The van der Waals surface area contributed by atoms with Crippen LogP contribution in [-0.2, 0) is 6.54 Å².